The Kier molecular flexibility index (Phi) is 6.01. The van der Waals surface area contributed by atoms with Crippen LogP contribution in [0, 0.1) is 0 Å². The van der Waals surface area contributed by atoms with E-state index in [1.807, 2.05) is 36.6 Å². The van der Waals surface area contributed by atoms with E-state index in [0.29, 0.717) is 10.5 Å². The molecule has 0 aliphatic carbocycles. The van der Waals surface area contributed by atoms with Crippen molar-refractivity contribution in [1.29, 1.82) is 0 Å². The van der Waals surface area contributed by atoms with Crippen molar-refractivity contribution in [1.82, 2.24) is 9.55 Å². The number of amides is 1. The molecule has 2 aromatic heterocycles. The van der Waals surface area contributed by atoms with Gasteiger partial charge in [0.1, 0.15) is 10.9 Å². The van der Waals surface area contributed by atoms with Crippen LogP contribution in [0.3, 0.4) is 0 Å². The van der Waals surface area contributed by atoms with Crippen molar-refractivity contribution in [3.05, 3.63) is 51.1 Å². The molecule has 5 nitrogen and oxygen atoms in total. The molecule has 3 rings (SSSR count). The third-order valence-corrected chi connectivity index (χ3v) is 6.37. The first kappa shape index (κ1) is 19.6. The van der Waals surface area contributed by atoms with Crippen molar-refractivity contribution >= 4 is 44.9 Å². The smallest absolute Gasteiger partial charge is 0.263 e. The Hall–Kier alpha value is -2.12. The SMILES string of the molecule is CCc1ccc(NC(=O)C(C)n2c(SC)nc3sc(CC)cc3c2=O)cc1. The highest BCUT2D eigenvalue weighted by Crippen LogP contribution is 2.26. The molecule has 0 spiro atoms. The molecule has 3 aromatic rings. The topological polar surface area (TPSA) is 64.0 Å². The van der Waals surface area contributed by atoms with Gasteiger partial charge in [0.25, 0.3) is 5.56 Å². The molecule has 0 fully saturated rings. The zero-order valence-corrected chi connectivity index (χ0v) is 17.5. The number of carbonyl (C=O) groups is 1. The van der Waals surface area contributed by atoms with Crippen LogP contribution in [0.5, 0.6) is 0 Å². The Balaban J connectivity index is 1.95. The van der Waals surface area contributed by atoms with Gasteiger partial charge in [-0.05, 0) is 49.8 Å². The molecule has 0 bridgehead atoms. The van der Waals surface area contributed by atoms with E-state index in [9.17, 15) is 9.59 Å². The van der Waals surface area contributed by atoms with Gasteiger partial charge in [-0.15, -0.1) is 11.3 Å². The van der Waals surface area contributed by atoms with Crippen LogP contribution in [0.25, 0.3) is 10.2 Å². The van der Waals surface area contributed by atoms with Gasteiger partial charge in [0.2, 0.25) is 5.91 Å². The van der Waals surface area contributed by atoms with Gasteiger partial charge in [0, 0.05) is 10.6 Å². The minimum Gasteiger partial charge on any atom is -0.324 e. The van der Waals surface area contributed by atoms with Crippen LogP contribution < -0.4 is 10.9 Å². The number of thiophene rings is 1. The quantitative estimate of drug-likeness (QED) is 0.488. The lowest BCUT2D eigenvalue weighted by Gasteiger charge is -2.18. The molecule has 27 heavy (non-hydrogen) atoms. The van der Waals surface area contributed by atoms with Gasteiger partial charge in [-0.3, -0.25) is 14.2 Å². The van der Waals surface area contributed by atoms with Crippen LogP contribution in [-0.2, 0) is 17.6 Å². The summed E-state index contributed by atoms with van der Waals surface area (Å²) in [5, 5.41) is 4.04. The number of nitrogens with zero attached hydrogens (tertiary/aromatic N) is 2. The standard InChI is InChI=1S/C20H23N3O2S2/c1-5-13-7-9-14(10-8-13)21-17(24)12(3)23-19(25)16-11-15(6-2)27-18(16)22-20(23)26-4/h7-12H,5-6H2,1-4H3,(H,21,24). The first-order valence-electron chi connectivity index (χ1n) is 8.97. The molecule has 7 heteroatoms. The number of fused-ring (bicyclic) bond motifs is 1. The normalized spacial score (nSPS) is 12.3. The van der Waals surface area contributed by atoms with Gasteiger partial charge in [-0.2, -0.15) is 0 Å². The molecule has 1 aromatic carbocycles. The molecular weight excluding hydrogens is 378 g/mol. The number of hydrogen-bond donors (Lipinski definition) is 1. The zero-order chi connectivity index (χ0) is 19.6. The van der Waals surface area contributed by atoms with Gasteiger partial charge in [-0.25, -0.2) is 4.98 Å². The molecule has 1 unspecified atom stereocenters. The summed E-state index contributed by atoms with van der Waals surface area (Å²) in [6.07, 6.45) is 3.68. The van der Waals surface area contributed by atoms with E-state index in [1.165, 1.54) is 33.2 Å². The van der Waals surface area contributed by atoms with E-state index in [4.69, 9.17) is 0 Å². The fraction of sp³-hybridized carbons (Fsp3) is 0.350. The van der Waals surface area contributed by atoms with Crippen LogP contribution in [0.1, 0.15) is 37.3 Å². The summed E-state index contributed by atoms with van der Waals surface area (Å²) in [5.41, 5.74) is 1.77. The second-order valence-corrected chi connectivity index (χ2v) is 8.16. The largest absolute Gasteiger partial charge is 0.324 e. The minimum atomic E-state index is -0.660. The summed E-state index contributed by atoms with van der Waals surface area (Å²) in [4.78, 5) is 32.3. The Morgan fingerprint density at radius 1 is 1.26 bits per heavy atom. The highest BCUT2D eigenvalue weighted by Gasteiger charge is 2.22. The summed E-state index contributed by atoms with van der Waals surface area (Å²) in [6.45, 7) is 5.87. The number of nitrogens with one attached hydrogen (secondary N) is 1. The second-order valence-electron chi connectivity index (χ2n) is 6.27. The van der Waals surface area contributed by atoms with Crippen molar-refractivity contribution in [2.24, 2.45) is 0 Å². The first-order chi connectivity index (χ1) is 13.0. The Bertz CT molecular complexity index is 1020. The van der Waals surface area contributed by atoms with Gasteiger partial charge in [-0.1, -0.05) is 37.7 Å². The summed E-state index contributed by atoms with van der Waals surface area (Å²) in [7, 11) is 0. The van der Waals surface area contributed by atoms with E-state index in [1.54, 1.807) is 6.92 Å². The molecule has 1 amide bonds. The maximum atomic E-state index is 13.1. The summed E-state index contributed by atoms with van der Waals surface area (Å²) < 4.78 is 1.49. The predicted octanol–water partition coefficient (Wildman–Crippen LogP) is 4.50. The monoisotopic (exact) mass is 401 g/mol. The molecule has 0 radical (unpaired) electrons. The number of thioether (sulfide) groups is 1. The fourth-order valence-electron chi connectivity index (χ4n) is 2.87. The molecule has 0 saturated heterocycles. The third-order valence-electron chi connectivity index (χ3n) is 4.54. The molecule has 142 valence electrons. The molecule has 1 N–H and O–H groups in total. The lowest BCUT2D eigenvalue weighted by molar-refractivity contribution is -0.119. The van der Waals surface area contributed by atoms with E-state index < -0.39 is 6.04 Å². The Morgan fingerprint density at radius 2 is 1.96 bits per heavy atom. The van der Waals surface area contributed by atoms with Gasteiger partial charge in [0.15, 0.2) is 5.16 Å². The molecule has 1 atom stereocenters. The predicted molar refractivity (Wildman–Crippen MR) is 114 cm³/mol. The lowest BCUT2D eigenvalue weighted by Crippen LogP contribution is -2.33. The summed E-state index contributed by atoms with van der Waals surface area (Å²) in [6, 6.07) is 8.98. The number of carbonyl (C=O) groups excluding carboxylic acids is 1. The van der Waals surface area contributed by atoms with Gasteiger partial charge < -0.3 is 5.32 Å². The Morgan fingerprint density at radius 3 is 2.56 bits per heavy atom. The van der Waals surface area contributed by atoms with Gasteiger partial charge >= 0.3 is 0 Å². The number of aromatic nitrogens is 2. The molecular formula is C20H23N3O2S2. The van der Waals surface area contributed by atoms with Crippen LogP contribution in [-0.4, -0.2) is 21.7 Å². The van der Waals surface area contributed by atoms with Crippen molar-refractivity contribution in [2.45, 2.75) is 44.8 Å². The first-order valence-corrected chi connectivity index (χ1v) is 11.0. The number of hydrogen-bond acceptors (Lipinski definition) is 5. The molecule has 0 saturated carbocycles. The van der Waals surface area contributed by atoms with Crippen LogP contribution in [0.15, 0.2) is 40.3 Å². The van der Waals surface area contributed by atoms with E-state index >= 15 is 0 Å². The van der Waals surface area contributed by atoms with Crippen LogP contribution in [0.4, 0.5) is 5.69 Å². The third kappa shape index (κ3) is 3.94. The van der Waals surface area contributed by atoms with Crippen LogP contribution in [0.2, 0.25) is 0 Å². The molecule has 0 aliphatic rings. The van der Waals surface area contributed by atoms with E-state index in [-0.39, 0.29) is 11.5 Å². The van der Waals surface area contributed by atoms with E-state index in [0.717, 1.165) is 28.2 Å². The van der Waals surface area contributed by atoms with E-state index in [2.05, 4.69) is 24.1 Å². The highest BCUT2D eigenvalue weighted by atomic mass is 32.2. The maximum absolute atomic E-state index is 13.1. The number of anilines is 1. The second kappa shape index (κ2) is 8.27. The van der Waals surface area contributed by atoms with Crippen molar-refractivity contribution < 1.29 is 4.79 Å². The lowest BCUT2D eigenvalue weighted by atomic mass is 10.1. The number of benzene rings is 1. The zero-order valence-electron chi connectivity index (χ0n) is 15.9. The molecule has 2 heterocycles. The van der Waals surface area contributed by atoms with Crippen LogP contribution >= 0.6 is 23.1 Å². The Labute approximate surface area is 166 Å². The molecule has 0 aliphatic heterocycles. The summed E-state index contributed by atoms with van der Waals surface area (Å²) in [5.74, 6) is -0.233. The van der Waals surface area contributed by atoms with Crippen molar-refractivity contribution in [2.75, 3.05) is 11.6 Å². The summed E-state index contributed by atoms with van der Waals surface area (Å²) >= 11 is 2.91. The number of rotatable bonds is 6. The average Bonchev–Trinajstić information content (AvgIpc) is 3.11. The number of aryl methyl sites for hydroxylation is 2. The highest BCUT2D eigenvalue weighted by molar-refractivity contribution is 7.98. The average molecular weight is 402 g/mol. The van der Waals surface area contributed by atoms with Gasteiger partial charge in [0.05, 0.1) is 5.39 Å². The van der Waals surface area contributed by atoms with Crippen molar-refractivity contribution in [3.8, 4) is 0 Å². The minimum absolute atomic E-state index is 0.163. The maximum Gasteiger partial charge on any atom is 0.263 e. The fourth-order valence-corrected chi connectivity index (χ4v) is 4.51. The van der Waals surface area contributed by atoms with Crippen molar-refractivity contribution in [3.63, 3.8) is 0 Å².